The van der Waals surface area contributed by atoms with Gasteiger partial charge in [0.05, 0.1) is 0 Å². The Bertz CT molecular complexity index is 517. The Balaban J connectivity index is 1.93. The Morgan fingerprint density at radius 2 is 1.79 bits per heavy atom. The lowest BCUT2D eigenvalue weighted by atomic mass is 10.1. The van der Waals surface area contributed by atoms with Crippen LogP contribution in [0.5, 0.6) is 0 Å². The van der Waals surface area contributed by atoms with Crippen LogP contribution < -0.4 is 5.73 Å². The van der Waals surface area contributed by atoms with Gasteiger partial charge in [-0.3, -0.25) is 0 Å². The Kier molecular flexibility index (Phi) is 5.06. The van der Waals surface area contributed by atoms with E-state index in [0.29, 0.717) is 0 Å². The highest BCUT2D eigenvalue weighted by Gasteiger charge is 2.00. The lowest BCUT2D eigenvalue weighted by molar-refractivity contribution is 0.737. The lowest BCUT2D eigenvalue weighted by Gasteiger charge is -2.07. The summed E-state index contributed by atoms with van der Waals surface area (Å²) in [7, 11) is 0. The van der Waals surface area contributed by atoms with Crippen LogP contribution in [-0.4, -0.2) is 6.04 Å². The summed E-state index contributed by atoms with van der Waals surface area (Å²) in [4.78, 5) is 1.31. The zero-order valence-electron chi connectivity index (χ0n) is 11.6. The van der Waals surface area contributed by atoms with E-state index in [2.05, 4.69) is 55.5 Å². The maximum absolute atomic E-state index is 5.81. The van der Waals surface area contributed by atoms with E-state index in [4.69, 9.17) is 5.73 Å². The molecule has 100 valence electrons. The predicted octanol–water partition coefficient (Wildman–Crippen LogP) is 4.18. The van der Waals surface area contributed by atoms with Crippen molar-refractivity contribution >= 4 is 11.8 Å². The zero-order valence-corrected chi connectivity index (χ0v) is 12.4. The maximum atomic E-state index is 5.81. The Labute approximate surface area is 120 Å². The summed E-state index contributed by atoms with van der Waals surface area (Å²) in [6.45, 7) is 4.18. The normalized spacial score (nSPS) is 12.4. The summed E-state index contributed by atoms with van der Waals surface area (Å²) >= 11 is 1.88. The van der Waals surface area contributed by atoms with Gasteiger partial charge in [0.1, 0.15) is 0 Å². The van der Waals surface area contributed by atoms with Crippen LogP contribution >= 0.6 is 11.8 Å². The molecule has 2 heteroatoms. The molecule has 2 N–H and O–H groups in total. The van der Waals surface area contributed by atoms with Crippen LogP contribution in [0.2, 0.25) is 0 Å². The summed E-state index contributed by atoms with van der Waals surface area (Å²) in [5, 5.41) is 0. The summed E-state index contributed by atoms with van der Waals surface area (Å²) < 4.78 is 0. The van der Waals surface area contributed by atoms with E-state index in [0.717, 1.165) is 12.2 Å². The van der Waals surface area contributed by atoms with Crippen LogP contribution in [0.15, 0.2) is 53.4 Å². The van der Waals surface area contributed by atoms with Gasteiger partial charge >= 0.3 is 0 Å². The van der Waals surface area contributed by atoms with Gasteiger partial charge < -0.3 is 5.73 Å². The summed E-state index contributed by atoms with van der Waals surface area (Å²) in [6.07, 6.45) is 0.947. The van der Waals surface area contributed by atoms with Crippen molar-refractivity contribution in [3.8, 4) is 0 Å². The van der Waals surface area contributed by atoms with Gasteiger partial charge in [0.25, 0.3) is 0 Å². The Morgan fingerprint density at radius 1 is 1.05 bits per heavy atom. The van der Waals surface area contributed by atoms with E-state index in [1.54, 1.807) is 0 Å². The van der Waals surface area contributed by atoms with Gasteiger partial charge in [-0.05, 0) is 43.5 Å². The molecular weight excluding hydrogens is 250 g/mol. The minimum atomic E-state index is 0.228. The molecule has 0 saturated heterocycles. The van der Waals surface area contributed by atoms with Crippen LogP contribution in [0.1, 0.15) is 23.6 Å². The molecule has 0 saturated carbocycles. The second-order valence-electron chi connectivity index (χ2n) is 5.10. The fourth-order valence-corrected chi connectivity index (χ4v) is 2.90. The molecule has 1 unspecified atom stereocenters. The van der Waals surface area contributed by atoms with E-state index >= 15 is 0 Å². The molecule has 2 aromatic rings. The summed E-state index contributed by atoms with van der Waals surface area (Å²) in [5.74, 6) is 1.02. The van der Waals surface area contributed by atoms with Gasteiger partial charge in [0.15, 0.2) is 0 Å². The first-order valence-corrected chi connectivity index (χ1v) is 7.65. The van der Waals surface area contributed by atoms with Crippen molar-refractivity contribution in [2.75, 3.05) is 0 Å². The first kappa shape index (κ1) is 14.2. The summed E-state index contributed by atoms with van der Waals surface area (Å²) in [6, 6.07) is 17.7. The Hall–Kier alpha value is -1.25. The highest BCUT2D eigenvalue weighted by molar-refractivity contribution is 7.98. The molecule has 1 nitrogen and oxygen atoms in total. The van der Waals surface area contributed by atoms with Crippen LogP contribution in [0.25, 0.3) is 0 Å². The third kappa shape index (κ3) is 4.73. The van der Waals surface area contributed by atoms with Crippen molar-refractivity contribution in [3.05, 3.63) is 65.2 Å². The smallest absolute Gasteiger partial charge is 0.0232 e. The van der Waals surface area contributed by atoms with Gasteiger partial charge in [-0.25, -0.2) is 0 Å². The van der Waals surface area contributed by atoms with Gasteiger partial charge in [0, 0.05) is 16.7 Å². The molecule has 0 heterocycles. The minimum Gasteiger partial charge on any atom is -0.328 e. The first-order valence-electron chi connectivity index (χ1n) is 6.66. The second kappa shape index (κ2) is 6.78. The van der Waals surface area contributed by atoms with E-state index < -0.39 is 0 Å². The van der Waals surface area contributed by atoms with Crippen molar-refractivity contribution < 1.29 is 0 Å². The molecule has 0 amide bonds. The SMILES string of the molecule is Cc1cccc(CSc2ccc(CC(C)N)cc2)c1. The average Bonchev–Trinajstić information content (AvgIpc) is 2.37. The van der Waals surface area contributed by atoms with Gasteiger partial charge in [-0.2, -0.15) is 0 Å². The molecule has 2 rings (SSSR count). The van der Waals surface area contributed by atoms with Gasteiger partial charge in [0.2, 0.25) is 0 Å². The molecule has 0 radical (unpaired) electrons. The first-order chi connectivity index (χ1) is 9.13. The highest BCUT2D eigenvalue weighted by Crippen LogP contribution is 2.23. The van der Waals surface area contributed by atoms with Crippen molar-refractivity contribution in [1.82, 2.24) is 0 Å². The number of hydrogen-bond donors (Lipinski definition) is 1. The number of rotatable bonds is 5. The van der Waals surface area contributed by atoms with Crippen LogP contribution in [0.4, 0.5) is 0 Å². The van der Waals surface area contributed by atoms with Crippen molar-refractivity contribution in [1.29, 1.82) is 0 Å². The van der Waals surface area contributed by atoms with E-state index in [9.17, 15) is 0 Å². The predicted molar refractivity (Wildman–Crippen MR) is 84.5 cm³/mol. The quantitative estimate of drug-likeness (QED) is 0.826. The number of nitrogens with two attached hydrogens (primary N) is 1. The molecule has 0 fully saturated rings. The molecule has 2 aromatic carbocycles. The van der Waals surface area contributed by atoms with E-state index in [1.165, 1.54) is 21.6 Å². The lowest BCUT2D eigenvalue weighted by Crippen LogP contribution is -2.17. The summed E-state index contributed by atoms with van der Waals surface area (Å²) in [5.41, 5.74) is 9.82. The average molecular weight is 271 g/mol. The minimum absolute atomic E-state index is 0.228. The molecule has 0 aliphatic rings. The topological polar surface area (TPSA) is 26.0 Å². The van der Waals surface area contributed by atoms with Gasteiger partial charge in [-0.1, -0.05) is 42.0 Å². The monoisotopic (exact) mass is 271 g/mol. The maximum Gasteiger partial charge on any atom is 0.0232 e. The third-order valence-corrected chi connectivity index (χ3v) is 4.05. The Morgan fingerprint density at radius 3 is 2.42 bits per heavy atom. The van der Waals surface area contributed by atoms with Crippen molar-refractivity contribution in [2.24, 2.45) is 5.73 Å². The molecule has 0 aromatic heterocycles. The second-order valence-corrected chi connectivity index (χ2v) is 6.15. The van der Waals surface area contributed by atoms with E-state index in [-0.39, 0.29) is 6.04 Å². The fraction of sp³-hybridized carbons (Fsp3) is 0.294. The molecule has 0 aliphatic heterocycles. The standard InChI is InChI=1S/C17H21NS/c1-13-4-3-5-16(10-13)12-19-17-8-6-15(7-9-17)11-14(2)18/h3-10,14H,11-12,18H2,1-2H3. The highest BCUT2D eigenvalue weighted by atomic mass is 32.2. The molecule has 1 atom stereocenters. The zero-order chi connectivity index (χ0) is 13.7. The largest absolute Gasteiger partial charge is 0.328 e. The number of thioether (sulfide) groups is 1. The van der Waals surface area contributed by atoms with Crippen LogP contribution in [0.3, 0.4) is 0 Å². The van der Waals surface area contributed by atoms with Crippen molar-refractivity contribution in [2.45, 2.75) is 37.0 Å². The third-order valence-electron chi connectivity index (χ3n) is 2.97. The molecule has 19 heavy (non-hydrogen) atoms. The number of hydrogen-bond acceptors (Lipinski definition) is 2. The van der Waals surface area contributed by atoms with E-state index in [1.807, 2.05) is 18.7 Å². The van der Waals surface area contributed by atoms with Crippen LogP contribution in [-0.2, 0) is 12.2 Å². The molecular formula is C17H21NS. The molecule has 0 bridgehead atoms. The van der Waals surface area contributed by atoms with Crippen molar-refractivity contribution in [3.63, 3.8) is 0 Å². The molecule has 0 spiro atoms. The van der Waals surface area contributed by atoms with Gasteiger partial charge in [-0.15, -0.1) is 11.8 Å². The number of benzene rings is 2. The fourth-order valence-electron chi connectivity index (χ4n) is 2.06. The molecule has 0 aliphatic carbocycles. The van der Waals surface area contributed by atoms with Crippen LogP contribution in [0, 0.1) is 6.92 Å². The number of aryl methyl sites for hydroxylation is 1.